The monoisotopic (exact) mass is 660 g/mol. The lowest BCUT2D eigenvalue weighted by Gasteiger charge is -2.38. The number of nitrogens with one attached hydrogen (secondary N) is 1. The van der Waals surface area contributed by atoms with Crippen LogP contribution >= 0.6 is 0 Å². The van der Waals surface area contributed by atoms with E-state index in [1.807, 2.05) is 11.0 Å². The second-order valence-corrected chi connectivity index (χ2v) is 13.8. The lowest BCUT2D eigenvalue weighted by Crippen LogP contribution is -2.60. The first-order valence-corrected chi connectivity index (χ1v) is 17.0. The summed E-state index contributed by atoms with van der Waals surface area (Å²) >= 11 is 0. The minimum Gasteiger partial charge on any atom is -0.391 e. The summed E-state index contributed by atoms with van der Waals surface area (Å²) in [7, 11) is 1.69. The first-order valence-electron chi connectivity index (χ1n) is 17.0. The first kappa shape index (κ1) is 37.1. The third-order valence-electron chi connectivity index (χ3n) is 9.33. The minimum atomic E-state index is -1.01. The van der Waals surface area contributed by atoms with Crippen molar-refractivity contribution in [2.24, 2.45) is 0 Å². The summed E-state index contributed by atoms with van der Waals surface area (Å²) in [4.78, 5) is 43.6. The van der Waals surface area contributed by atoms with E-state index in [0.29, 0.717) is 39.0 Å². The Labute approximate surface area is 285 Å². The number of piperazine rings is 1. The molecule has 2 fully saturated rings. The Morgan fingerprint density at radius 3 is 2.40 bits per heavy atom. The van der Waals surface area contributed by atoms with Gasteiger partial charge in [-0.3, -0.25) is 19.3 Å². The number of terminal acetylenes is 1. The van der Waals surface area contributed by atoms with Crippen LogP contribution in [-0.4, -0.2) is 113 Å². The predicted octanol–water partition coefficient (Wildman–Crippen LogP) is 2.61. The van der Waals surface area contributed by atoms with Gasteiger partial charge in [0.15, 0.2) is 0 Å². The van der Waals surface area contributed by atoms with Crippen LogP contribution in [0.4, 0.5) is 0 Å². The van der Waals surface area contributed by atoms with Crippen molar-refractivity contribution in [2.45, 2.75) is 83.1 Å². The summed E-state index contributed by atoms with van der Waals surface area (Å²) in [5.74, 6) is 2.18. The molecule has 2 heterocycles. The van der Waals surface area contributed by atoms with Crippen LogP contribution in [0.5, 0.6) is 0 Å². The van der Waals surface area contributed by atoms with Gasteiger partial charge in [-0.2, -0.15) is 0 Å². The number of rotatable bonds is 13. The largest absolute Gasteiger partial charge is 0.391 e. The molecule has 10 heteroatoms. The van der Waals surface area contributed by atoms with Crippen molar-refractivity contribution >= 4 is 17.7 Å². The molecule has 48 heavy (non-hydrogen) atoms. The number of hydrogen-bond donors (Lipinski definition) is 3. The van der Waals surface area contributed by atoms with Crippen LogP contribution in [0.3, 0.4) is 0 Å². The number of carbonyl (C=O) groups is 3. The number of hydrogen-bond acceptors (Lipinski definition) is 7. The molecule has 2 aliphatic rings. The van der Waals surface area contributed by atoms with Crippen molar-refractivity contribution in [3.63, 3.8) is 0 Å². The molecule has 4 rings (SSSR count). The lowest BCUT2D eigenvalue weighted by atomic mass is 9.92. The topological polar surface area (TPSA) is 123 Å². The molecule has 0 saturated carbocycles. The molecule has 3 amide bonds. The molecule has 0 bridgehead atoms. The van der Waals surface area contributed by atoms with E-state index in [1.165, 1.54) is 27.2 Å². The molecule has 0 spiro atoms. The van der Waals surface area contributed by atoms with Crippen LogP contribution in [0, 0.1) is 19.3 Å². The number of amides is 3. The number of aryl methyl sites for hydroxylation is 2. The predicted molar refractivity (Wildman–Crippen MR) is 185 cm³/mol. The molecular formula is C38H52N4O6. The van der Waals surface area contributed by atoms with Crippen LogP contribution in [0.15, 0.2) is 42.5 Å². The van der Waals surface area contributed by atoms with Gasteiger partial charge in [0, 0.05) is 46.1 Å². The van der Waals surface area contributed by atoms with E-state index in [0.717, 1.165) is 31.2 Å². The number of likely N-dealkylation sites (N-methyl/N-ethyl adjacent to an activating group) is 1. The fourth-order valence-electron chi connectivity index (χ4n) is 6.34. The van der Waals surface area contributed by atoms with E-state index in [9.17, 15) is 24.6 Å². The number of carbonyl (C=O) groups excluding carboxylic acids is 3. The molecule has 2 saturated heterocycles. The van der Waals surface area contributed by atoms with E-state index in [2.05, 4.69) is 54.6 Å². The van der Waals surface area contributed by atoms with Gasteiger partial charge >= 0.3 is 0 Å². The molecule has 2 aromatic rings. The molecule has 2 aromatic carbocycles. The standard InChI is InChI=1S/C38H52N4O6/c1-6-17-40(5)35(46)25-41-18-20-42(21-19-41)37(47)38(3,4)39-34(45)10-8-7-9-28-12-14-29(15-13-28)22-31-23-30(16-11-27(31)2)36-33(44)24-32(43)26-48-36/h1,11-16,23,32-33,36,43-44H,7-10,17-22,24-26H2,2-5H3,(H,39,45)/t32?,33?,36-/m0/s1. The smallest absolute Gasteiger partial charge is 0.247 e. The molecule has 0 aliphatic carbocycles. The van der Waals surface area contributed by atoms with Crippen LogP contribution in [-0.2, 0) is 32.0 Å². The highest BCUT2D eigenvalue weighted by molar-refractivity contribution is 5.90. The number of aliphatic hydroxyl groups excluding tert-OH is 2. The maximum Gasteiger partial charge on any atom is 0.247 e. The van der Waals surface area contributed by atoms with Gasteiger partial charge in [-0.15, -0.1) is 6.42 Å². The van der Waals surface area contributed by atoms with Gasteiger partial charge in [0.1, 0.15) is 11.6 Å². The number of benzene rings is 2. The lowest BCUT2D eigenvalue weighted by molar-refractivity contribution is -0.142. The maximum atomic E-state index is 13.2. The fraction of sp³-hybridized carbons (Fsp3) is 0.553. The van der Waals surface area contributed by atoms with Gasteiger partial charge in [-0.05, 0) is 74.3 Å². The van der Waals surface area contributed by atoms with Crippen molar-refractivity contribution in [1.29, 1.82) is 0 Å². The summed E-state index contributed by atoms with van der Waals surface area (Å²) in [5, 5.41) is 23.1. The van der Waals surface area contributed by atoms with Crippen molar-refractivity contribution < 1.29 is 29.3 Å². The van der Waals surface area contributed by atoms with Gasteiger partial charge in [0.2, 0.25) is 17.7 Å². The Morgan fingerprint density at radius 2 is 1.73 bits per heavy atom. The van der Waals surface area contributed by atoms with Gasteiger partial charge in [-0.1, -0.05) is 48.4 Å². The second kappa shape index (κ2) is 17.1. The second-order valence-electron chi connectivity index (χ2n) is 13.8. The zero-order valence-electron chi connectivity index (χ0n) is 28.9. The van der Waals surface area contributed by atoms with E-state index in [-0.39, 0.29) is 37.4 Å². The minimum absolute atomic E-state index is 0.0405. The zero-order chi connectivity index (χ0) is 34.8. The van der Waals surface area contributed by atoms with E-state index < -0.39 is 23.9 Å². The van der Waals surface area contributed by atoms with Gasteiger partial charge in [0.25, 0.3) is 0 Å². The van der Waals surface area contributed by atoms with Gasteiger partial charge in [-0.25, -0.2) is 0 Å². The summed E-state index contributed by atoms with van der Waals surface area (Å²) in [5.41, 5.74) is 4.66. The number of ether oxygens (including phenoxy) is 1. The zero-order valence-corrected chi connectivity index (χ0v) is 28.9. The van der Waals surface area contributed by atoms with Crippen LogP contribution < -0.4 is 5.32 Å². The molecule has 0 aromatic heterocycles. The summed E-state index contributed by atoms with van der Waals surface area (Å²) in [6.45, 7) is 8.53. The quantitative estimate of drug-likeness (QED) is 0.223. The third kappa shape index (κ3) is 10.4. The molecule has 3 N–H and O–H groups in total. The highest BCUT2D eigenvalue weighted by Gasteiger charge is 2.35. The number of unbranched alkanes of at least 4 members (excludes halogenated alkanes) is 1. The van der Waals surface area contributed by atoms with Crippen LogP contribution in [0.1, 0.15) is 73.5 Å². The highest BCUT2D eigenvalue weighted by atomic mass is 16.5. The Balaban J connectivity index is 1.17. The third-order valence-corrected chi connectivity index (χ3v) is 9.33. The van der Waals surface area contributed by atoms with Crippen molar-refractivity contribution in [3.05, 3.63) is 70.3 Å². The Morgan fingerprint density at radius 1 is 1.04 bits per heavy atom. The summed E-state index contributed by atoms with van der Waals surface area (Å²) in [6.07, 6.45) is 7.38. The highest BCUT2D eigenvalue weighted by Crippen LogP contribution is 2.30. The Bertz CT molecular complexity index is 1440. The Kier molecular flexibility index (Phi) is 13.2. The number of aliphatic hydroxyl groups is 2. The molecule has 0 radical (unpaired) electrons. The van der Waals surface area contributed by atoms with Crippen molar-refractivity contribution in [3.8, 4) is 12.3 Å². The van der Waals surface area contributed by atoms with Crippen molar-refractivity contribution in [1.82, 2.24) is 20.0 Å². The number of nitrogens with zero attached hydrogens (tertiary/aromatic N) is 3. The van der Waals surface area contributed by atoms with Gasteiger partial charge in [0.05, 0.1) is 31.9 Å². The van der Waals surface area contributed by atoms with Crippen molar-refractivity contribution in [2.75, 3.05) is 52.9 Å². The normalized spacial score (nSPS) is 20.2. The van der Waals surface area contributed by atoms with E-state index >= 15 is 0 Å². The van der Waals surface area contributed by atoms with E-state index in [1.54, 1.807) is 25.8 Å². The average Bonchev–Trinajstić information content (AvgIpc) is 3.05. The molecule has 260 valence electrons. The van der Waals surface area contributed by atoms with Crippen LogP contribution in [0.2, 0.25) is 0 Å². The maximum absolute atomic E-state index is 13.2. The molecule has 2 unspecified atom stereocenters. The molecule has 2 aliphatic heterocycles. The molecule has 10 nitrogen and oxygen atoms in total. The Hall–Kier alpha value is -3.75. The SMILES string of the molecule is C#CCN(C)C(=O)CN1CCN(C(=O)C(C)(C)NC(=O)CCCCc2ccc(Cc3cc([C@@H]4OCC(O)CC4O)ccc3C)cc2)CC1. The first-order chi connectivity index (χ1) is 22.9. The molecular weight excluding hydrogens is 608 g/mol. The van der Waals surface area contributed by atoms with Crippen LogP contribution in [0.25, 0.3) is 0 Å². The fourth-order valence-corrected chi connectivity index (χ4v) is 6.34. The van der Waals surface area contributed by atoms with E-state index in [4.69, 9.17) is 11.2 Å². The van der Waals surface area contributed by atoms with Gasteiger partial charge < -0.3 is 30.1 Å². The summed E-state index contributed by atoms with van der Waals surface area (Å²) in [6, 6.07) is 14.7. The average molecular weight is 661 g/mol. The summed E-state index contributed by atoms with van der Waals surface area (Å²) < 4.78 is 5.74. The molecule has 3 atom stereocenters.